The van der Waals surface area contributed by atoms with Crippen molar-refractivity contribution in [2.24, 2.45) is 0 Å². The first-order chi connectivity index (χ1) is 11.5. The molecule has 0 saturated carbocycles. The van der Waals surface area contributed by atoms with Gasteiger partial charge in [0.15, 0.2) is 5.11 Å². The van der Waals surface area contributed by atoms with Crippen LogP contribution < -0.4 is 10.6 Å². The molecular weight excluding hydrogens is 327 g/mol. The summed E-state index contributed by atoms with van der Waals surface area (Å²) in [7, 11) is 0. The molecule has 0 heterocycles. The topological polar surface area (TPSA) is 61.4 Å². The summed E-state index contributed by atoms with van der Waals surface area (Å²) in [6, 6.07) is 15.8. The number of amides is 1. The highest BCUT2D eigenvalue weighted by Crippen LogP contribution is 2.26. The molecule has 0 fully saturated rings. The lowest BCUT2D eigenvalue weighted by molar-refractivity contribution is 0.0977. The Labute approximate surface area is 142 Å². The van der Waals surface area contributed by atoms with Gasteiger partial charge in [-0.25, -0.2) is 4.39 Å². The van der Waals surface area contributed by atoms with Gasteiger partial charge in [0, 0.05) is 16.6 Å². The van der Waals surface area contributed by atoms with Crippen LogP contribution in [0, 0.1) is 5.82 Å². The minimum atomic E-state index is -0.495. The number of carbonyl (C=O) groups excluding carboxylic acids is 1. The van der Waals surface area contributed by atoms with E-state index in [-0.39, 0.29) is 16.4 Å². The standard InChI is InChI=1S/C18H13FN2O2S/c19-13-5-1-4-12(9-13)17(23)21-18(24)20-16-6-2-3-11-10-14(22)7-8-15(11)16/h1-10,22H,(H2,20,21,23,24). The Morgan fingerprint density at radius 1 is 1.04 bits per heavy atom. The minimum Gasteiger partial charge on any atom is -0.508 e. The second kappa shape index (κ2) is 6.64. The predicted molar refractivity (Wildman–Crippen MR) is 95.7 cm³/mol. The zero-order valence-electron chi connectivity index (χ0n) is 12.4. The molecule has 3 rings (SSSR count). The number of anilines is 1. The number of halogens is 1. The molecule has 0 aliphatic carbocycles. The van der Waals surface area contributed by atoms with Crippen LogP contribution in [0.3, 0.4) is 0 Å². The first-order valence-electron chi connectivity index (χ1n) is 7.12. The Morgan fingerprint density at radius 3 is 2.62 bits per heavy atom. The Morgan fingerprint density at radius 2 is 1.83 bits per heavy atom. The van der Waals surface area contributed by atoms with Gasteiger partial charge in [-0.15, -0.1) is 0 Å². The van der Waals surface area contributed by atoms with E-state index < -0.39 is 11.7 Å². The molecule has 0 aromatic heterocycles. The lowest BCUT2D eigenvalue weighted by Gasteiger charge is -2.12. The molecule has 0 saturated heterocycles. The maximum Gasteiger partial charge on any atom is 0.257 e. The van der Waals surface area contributed by atoms with Crippen LogP contribution in [0.2, 0.25) is 0 Å². The predicted octanol–water partition coefficient (Wildman–Crippen LogP) is 3.81. The average molecular weight is 340 g/mol. The highest BCUT2D eigenvalue weighted by atomic mass is 32.1. The number of aromatic hydroxyl groups is 1. The van der Waals surface area contributed by atoms with Crippen molar-refractivity contribution in [3.8, 4) is 5.75 Å². The summed E-state index contributed by atoms with van der Waals surface area (Å²) in [6.45, 7) is 0. The van der Waals surface area contributed by atoms with Crippen LogP contribution in [0.1, 0.15) is 10.4 Å². The Balaban J connectivity index is 1.77. The number of carbonyl (C=O) groups is 1. The van der Waals surface area contributed by atoms with Crippen LogP contribution in [0.4, 0.5) is 10.1 Å². The summed E-state index contributed by atoms with van der Waals surface area (Å²) < 4.78 is 13.2. The number of hydrogen-bond acceptors (Lipinski definition) is 3. The van der Waals surface area contributed by atoms with E-state index in [1.807, 2.05) is 6.07 Å². The zero-order chi connectivity index (χ0) is 17.1. The molecule has 24 heavy (non-hydrogen) atoms. The minimum absolute atomic E-state index is 0.102. The van der Waals surface area contributed by atoms with Crippen LogP contribution in [-0.4, -0.2) is 16.1 Å². The molecule has 3 N–H and O–H groups in total. The van der Waals surface area contributed by atoms with Gasteiger partial charge in [-0.05, 0) is 60.1 Å². The third-order valence-electron chi connectivity index (χ3n) is 3.43. The van der Waals surface area contributed by atoms with Crippen molar-refractivity contribution in [3.63, 3.8) is 0 Å². The van der Waals surface area contributed by atoms with E-state index in [1.54, 1.807) is 30.3 Å². The fourth-order valence-electron chi connectivity index (χ4n) is 2.34. The second-order valence-corrected chi connectivity index (χ2v) is 5.54. The van der Waals surface area contributed by atoms with Gasteiger partial charge in [-0.1, -0.05) is 18.2 Å². The molecule has 0 aliphatic heterocycles. The van der Waals surface area contributed by atoms with Gasteiger partial charge in [0.05, 0.1) is 0 Å². The normalized spacial score (nSPS) is 10.4. The molecular formula is C18H13FN2O2S. The number of phenolic OH excluding ortho intramolecular Hbond substituents is 1. The van der Waals surface area contributed by atoms with Crippen molar-refractivity contribution in [2.75, 3.05) is 5.32 Å². The zero-order valence-corrected chi connectivity index (χ0v) is 13.2. The number of hydrogen-bond donors (Lipinski definition) is 3. The molecule has 0 bridgehead atoms. The maximum absolute atomic E-state index is 13.2. The Hall–Kier alpha value is -2.99. The lowest BCUT2D eigenvalue weighted by Crippen LogP contribution is -2.34. The van der Waals surface area contributed by atoms with E-state index in [0.717, 1.165) is 16.8 Å². The molecule has 120 valence electrons. The van der Waals surface area contributed by atoms with Gasteiger partial charge in [0.25, 0.3) is 5.91 Å². The molecule has 0 spiro atoms. The van der Waals surface area contributed by atoms with Crippen molar-refractivity contribution >= 4 is 39.7 Å². The van der Waals surface area contributed by atoms with Crippen molar-refractivity contribution in [1.29, 1.82) is 0 Å². The maximum atomic E-state index is 13.2. The summed E-state index contributed by atoms with van der Waals surface area (Å²) >= 11 is 5.15. The summed E-state index contributed by atoms with van der Waals surface area (Å²) in [5.41, 5.74) is 0.874. The molecule has 0 atom stereocenters. The molecule has 6 heteroatoms. The van der Waals surface area contributed by atoms with Crippen molar-refractivity contribution < 1.29 is 14.3 Å². The molecule has 1 amide bonds. The molecule has 3 aromatic rings. The smallest absolute Gasteiger partial charge is 0.257 e. The number of phenols is 1. The summed E-state index contributed by atoms with van der Waals surface area (Å²) in [5, 5.41) is 16.8. The van der Waals surface area contributed by atoms with E-state index in [9.17, 15) is 14.3 Å². The van der Waals surface area contributed by atoms with Crippen molar-refractivity contribution in [2.45, 2.75) is 0 Å². The number of fused-ring (bicyclic) bond motifs is 1. The van der Waals surface area contributed by atoms with Crippen molar-refractivity contribution in [1.82, 2.24) is 5.32 Å². The summed E-state index contributed by atoms with van der Waals surface area (Å²) in [4.78, 5) is 12.1. The van der Waals surface area contributed by atoms with Gasteiger partial charge in [0.2, 0.25) is 0 Å². The molecule has 4 nitrogen and oxygen atoms in total. The third kappa shape index (κ3) is 3.49. The number of benzene rings is 3. The van der Waals surface area contributed by atoms with Crippen LogP contribution in [0.15, 0.2) is 60.7 Å². The number of nitrogens with one attached hydrogen (secondary N) is 2. The SMILES string of the molecule is O=C(NC(=S)Nc1cccc2cc(O)ccc12)c1cccc(F)c1. The van der Waals surface area contributed by atoms with Crippen molar-refractivity contribution in [3.05, 3.63) is 72.0 Å². The van der Waals surface area contributed by atoms with Gasteiger partial charge in [-0.3, -0.25) is 10.1 Å². The molecule has 3 aromatic carbocycles. The monoisotopic (exact) mass is 340 g/mol. The van der Waals surface area contributed by atoms with Gasteiger partial charge in [-0.2, -0.15) is 0 Å². The van der Waals surface area contributed by atoms with E-state index in [0.29, 0.717) is 5.69 Å². The number of rotatable bonds is 2. The average Bonchev–Trinajstić information content (AvgIpc) is 2.54. The molecule has 0 unspecified atom stereocenters. The Bertz CT molecular complexity index is 943. The van der Waals surface area contributed by atoms with E-state index in [2.05, 4.69) is 10.6 Å². The van der Waals surface area contributed by atoms with E-state index in [4.69, 9.17) is 12.2 Å². The van der Waals surface area contributed by atoms with E-state index in [1.165, 1.54) is 18.2 Å². The van der Waals surface area contributed by atoms with Crippen LogP contribution in [0.25, 0.3) is 10.8 Å². The molecule has 0 radical (unpaired) electrons. The van der Waals surface area contributed by atoms with Crippen LogP contribution in [-0.2, 0) is 0 Å². The first kappa shape index (κ1) is 15.9. The Kier molecular flexibility index (Phi) is 4.39. The van der Waals surface area contributed by atoms with Gasteiger partial charge >= 0.3 is 0 Å². The molecule has 0 aliphatic rings. The summed E-state index contributed by atoms with van der Waals surface area (Å²) in [6.07, 6.45) is 0. The third-order valence-corrected chi connectivity index (χ3v) is 3.63. The lowest BCUT2D eigenvalue weighted by atomic mass is 10.1. The van der Waals surface area contributed by atoms with Gasteiger partial charge < -0.3 is 10.4 Å². The summed E-state index contributed by atoms with van der Waals surface area (Å²) in [5.74, 6) is -0.818. The highest BCUT2D eigenvalue weighted by Gasteiger charge is 2.10. The van der Waals surface area contributed by atoms with Crippen LogP contribution >= 0.6 is 12.2 Å². The quantitative estimate of drug-likeness (QED) is 0.621. The fourth-order valence-corrected chi connectivity index (χ4v) is 2.54. The number of thiocarbonyl (C=S) groups is 1. The first-order valence-corrected chi connectivity index (χ1v) is 7.53. The highest BCUT2D eigenvalue weighted by molar-refractivity contribution is 7.80. The van der Waals surface area contributed by atoms with Gasteiger partial charge in [0.1, 0.15) is 11.6 Å². The fraction of sp³-hybridized carbons (Fsp3) is 0. The van der Waals surface area contributed by atoms with E-state index >= 15 is 0 Å². The largest absolute Gasteiger partial charge is 0.508 e. The van der Waals surface area contributed by atoms with Crippen LogP contribution in [0.5, 0.6) is 5.75 Å². The second-order valence-electron chi connectivity index (χ2n) is 5.13.